The Morgan fingerprint density at radius 2 is 2.10 bits per heavy atom. The number of ether oxygens (including phenoxy) is 1. The molecule has 4 heterocycles. The number of oxime groups is 1. The molecule has 2 aromatic rings. The van der Waals surface area contributed by atoms with Crippen molar-refractivity contribution in [1.82, 2.24) is 14.9 Å². The van der Waals surface area contributed by atoms with Crippen LogP contribution in [-0.4, -0.2) is 60.3 Å². The number of anilines is 1. The monoisotopic (exact) mass is 407 g/mol. The Morgan fingerprint density at radius 3 is 2.90 bits per heavy atom. The normalized spacial score (nSPS) is 25.1. The van der Waals surface area contributed by atoms with Gasteiger partial charge in [0.15, 0.2) is 6.10 Å². The minimum Gasteiger partial charge on any atom is -0.387 e. The molecule has 1 aromatic carbocycles. The van der Waals surface area contributed by atoms with Crippen LogP contribution < -0.4 is 4.90 Å². The number of carbonyl (C=O) groups excluding carboxylic acids is 1. The molecule has 8 heteroatoms. The molecule has 156 valence electrons. The van der Waals surface area contributed by atoms with Crippen molar-refractivity contribution in [3.05, 3.63) is 53.3 Å². The third kappa shape index (κ3) is 3.21. The van der Waals surface area contributed by atoms with Gasteiger partial charge in [0.05, 0.1) is 24.3 Å². The molecule has 1 spiro atoms. The van der Waals surface area contributed by atoms with Gasteiger partial charge in [0, 0.05) is 45.4 Å². The molecule has 0 aliphatic carbocycles. The maximum absolute atomic E-state index is 13.2. The minimum atomic E-state index is -0.296. The summed E-state index contributed by atoms with van der Waals surface area (Å²) in [5.74, 6) is 0.624. The Kier molecular flexibility index (Phi) is 4.66. The highest BCUT2D eigenvalue weighted by Gasteiger charge is 2.47. The molecule has 0 bridgehead atoms. The van der Waals surface area contributed by atoms with Crippen LogP contribution >= 0.6 is 0 Å². The average Bonchev–Trinajstić information content (AvgIpc) is 3.42. The van der Waals surface area contributed by atoms with Crippen molar-refractivity contribution in [2.45, 2.75) is 31.0 Å². The van der Waals surface area contributed by atoms with Gasteiger partial charge in [-0.15, -0.1) is 0 Å². The molecule has 2 atom stereocenters. The van der Waals surface area contributed by atoms with Crippen LogP contribution in [0, 0.1) is 0 Å². The molecule has 0 radical (unpaired) electrons. The SMILES string of the molecule is CN(C)c1ncc2c(n1)[C@@]1(CCN(C(=O)C3=NO[C@H](c4ccccc4)C3)C1)COC2. The summed E-state index contributed by atoms with van der Waals surface area (Å²) in [5, 5.41) is 4.12. The van der Waals surface area contributed by atoms with Gasteiger partial charge in [-0.2, -0.15) is 0 Å². The maximum Gasteiger partial charge on any atom is 0.271 e. The largest absolute Gasteiger partial charge is 0.387 e. The molecule has 1 saturated heterocycles. The first-order valence-corrected chi connectivity index (χ1v) is 10.2. The van der Waals surface area contributed by atoms with Crippen molar-refractivity contribution < 1.29 is 14.4 Å². The van der Waals surface area contributed by atoms with Gasteiger partial charge in [-0.05, 0) is 12.0 Å². The third-order valence-electron chi connectivity index (χ3n) is 6.12. The Hall–Kier alpha value is -3.00. The van der Waals surface area contributed by atoms with Gasteiger partial charge >= 0.3 is 0 Å². The van der Waals surface area contributed by atoms with Crippen molar-refractivity contribution in [1.29, 1.82) is 0 Å². The fraction of sp³-hybridized carbons (Fsp3) is 0.455. The predicted octanol–water partition coefficient (Wildman–Crippen LogP) is 2.06. The summed E-state index contributed by atoms with van der Waals surface area (Å²) in [6, 6.07) is 9.89. The number of nitrogens with zero attached hydrogens (tertiary/aromatic N) is 5. The van der Waals surface area contributed by atoms with Gasteiger partial charge in [-0.25, -0.2) is 9.97 Å². The molecule has 5 rings (SSSR count). The van der Waals surface area contributed by atoms with E-state index in [1.165, 1.54) is 0 Å². The van der Waals surface area contributed by atoms with E-state index in [1.54, 1.807) is 0 Å². The molecule has 30 heavy (non-hydrogen) atoms. The number of amides is 1. The number of hydrogen-bond acceptors (Lipinski definition) is 7. The number of fused-ring (bicyclic) bond motifs is 2. The van der Waals surface area contributed by atoms with Crippen LogP contribution in [0.25, 0.3) is 0 Å². The van der Waals surface area contributed by atoms with Crippen LogP contribution in [0.5, 0.6) is 0 Å². The summed E-state index contributed by atoms with van der Waals surface area (Å²) in [7, 11) is 3.86. The van der Waals surface area contributed by atoms with Crippen molar-refractivity contribution in [3.8, 4) is 0 Å². The van der Waals surface area contributed by atoms with E-state index in [4.69, 9.17) is 14.6 Å². The summed E-state index contributed by atoms with van der Waals surface area (Å²) >= 11 is 0. The molecule has 1 fully saturated rings. The van der Waals surface area contributed by atoms with Crippen molar-refractivity contribution in [2.75, 3.05) is 38.7 Å². The van der Waals surface area contributed by atoms with E-state index in [0.29, 0.717) is 44.4 Å². The first-order chi connectivity index (χ1) is 14.6. The van der Waals surface area contributed by atoms with Crippen LogP contribution in [-0.2, 0) is 26.4 Å². The molecule has 3 aliphatic rings. The van der Waals surface area contributed by atoms with Crippen molar-refractivity contribution in [3.63, 3.8) is 0 Å². The molecule has 0 saturated carbocycles. The van der Waals surface area contributed by atoms with Gasteiger partial charge in [0.1, 0.15) is 5.71 Å². The van der Waals surface area contributed by atoms with Crippen LogP contribution in [0.1, 0.15) is 35.8 Å². The van der Waals surface area contributed by atoms with Crippen molar-refractivity contribution >= 4 is 17.6 Å². The van der Waals surface area contributed by atoms with E-state index in [9.17, 15) is 4.79 Å². The second-order valence-electron chi connectivity index (χ2n) is 8.43. The lowest BCUT2D eigenvalue weighted by Crippen LogP contribution is -2.43. The summed E-state index contributed by atoms with van der Waals surface area (Å²) in [4.78, 5) is 31.7. The minimum absolute atomic E-state index is 0.0562. The summed E-state index contributed by atoms with van der Waals surface area (Å²) in [6.45, 7) is 2.29. The summed E-state index contributed by atoms with van der Waals surface area (Å²) in [5.41, 5.74) is 3.23. The van der Waals surface area contributed by atoms with Crippen LogP contribution in [0.15, 0.2) is 41.7 Å². The molecular formula is C22H25N5O3. The van der Waals surface area contributed by atoms with Gasteiger partial charge in [0.25, 0.3) is 5.91 Å². The lowest BCUT2D eigenvalue weighted by molar-refractivity contribution is -0.123. The van der Waals surface area contributed by atoms with Gasteiger partial charge in [-0.3, -0.25) is 4.79 Å². The van der Waals surface area contributed by atoms with E-state index < -0.39 is 0 Å². The molecule has 0 N–H and O–H groups in total. The Morgan fingerprint density at radius 1 is 1.27 bits per heavy atom. The second-order valence-corrected chi connectivity index (χ2v) is 8.43. The quantitative estimate of drug-likeness (QED) is 0.775. The van der Waals surface area contributed by atoms with E-state index in [0.717, 1.165) is 23.2 Å². The van der Waals surface area contributed by atoms with Crippen molar-refractivity contribution in [2.24, 2.45) is 5.16 Å². The number of hydrogen-bond donors (Lipinski definition) is 0. The number of aromatic nitrogens is 2. The zero-order valence-corrected chi connectivity index (χ0v) is 17.2. The number of rotatable bonds is 3. The van der Waals surface area contributed by atoms with E-state index >= 15 is 0 Å². The van der Waals surface area contributed by atoms with E-state index in [2.05, 4.69) is 10.1 Å². The van der Waals surface area contributed by atoms with Crippen LogP contribution in [0.4, 0.5) is 5.95 Å². The van der Waals surface area contributed by atoms with E-state index in [-0.39, 0.29) is 17.4 Å². The zero-order valence-electron chi connectivity index (χ0n) is 17.2. The summed E-state index contributed by atoms with van der Waals surface area (Å²) in [6.07, 6.45) is 2.96. The maximum atomic E-state index is 13.2. The first-order valence-electron chi connectivity index (χ1n) is 10.2. The number of carbonyl (C=O) groups is 1. The smallest absolute Gasteiger partial charge is 0.271 e. The zero-order chi connectivity index (χ0) is 20.7. The fourth-order valence-electron chi connectivity index (χ4n) is 4.49. The lowest BCUT2D eigenvalue weighted by Gasteiger charge is -2.34. The fourth-order valence-corrected chi connectivity index (χ4v) is 4.49. The number of benzene rings is 1. The standard InChI is InChI=1S/C22H25N5O3/c1-26(2)21-23-11-16-12-29-14-22(19(16)24-21)8-9-27(13-22)20(28)17-10-18(30-25-17)15-6-4-3-5-7-15/h3-7,11,18H,8-10,12-14H2,1-2H3/t18-,22+/m0/s1. The second kappa shape index (κ2) is 7.36. The first kappa shape index (κ1) is 19.0. The van der Waals surface area contributed by atoms with Crippen LogP contribution in [0.3, 0.4) is 0 Å². The van der Waals surface area contributed by atoms with Gasteiger partial charge in [0.2, 0.25) is 5.95 Å². The Bertz CT molecular complexity index is 994. The highest BCUT2D eigenvalue weighted by Crippen LogP contribution is 2.40. The van der Waals surface area contributed by atoms with Gasteiger partial charge < -0.3 is 19.4 Å². The van der Waals surface area contributed by atoms with E-state index in [1.807, 2.05) is 60.4 Å². The van der Waals surface area contributed by atoms with Gasteiger partial charge in [-0.1, -0.05) is 35.5 Å². The average molecular weight is 407 g/mol. The molecule has 1 amide bonds. The lowest BCUT2D eigenvalue weighted by atomic mass is 9.80. The molecule has 3 aliphatic heterocycles. The predicted molar refractivity (Wildman–Crippen MR) is 111 cm³/mol. The molecule has 0 unspecified atom stereocenters. The van der Waals surface area contributed by atoms with Crippen LogP contribution in [0.2, 0.25) is 0 Å². The molecule has 8 nitrogen and oxygen atoms in total. The third-order valence-corrected chi connectivity index (χ3v) is 6.12. The highest BCUT2D eigenvalue weighted by atomic mass is 16.6. The Labute approximate surface area is 175 Å². The molecule has 1 aromatic heterocycles. The highest BCUT2D eigenvalue weighted by molar-refractivity contribution is 6.39. The Balaban J connectivity index is 1.33. The topological polar surface area (TPSA) is 80.2 Å². The summed E-state index contributed by atoms with van der Waals surface area (Å²) < 4.78 is 5.88. The molecular weight excluding hydrogens is 382 g/mol. The number of likely N-dealkylation sites (tertiary alicyclic amines) is 1.